The van der Waals surface area contributed by atoms with Gasteiger partial charge in [0.25, 0.3) is 0 Å². The highest BCUT2D eigenvalue weighted by Crippen LogP contribution is 2.14. The molecule has 0 aliphatic rings. The van der Waals surface area contributed by atoms with Gasteiger partial charge in [0, 0.05) is 25.7 Å². The Morgan fingerprint density at radius 3 is 2.44 bits per heavy atom. The summed E-state index contributed by atoms with van der Waals surface area (Å²) >= 11 is 0. The molecule has 0 saturated carbocycles. The number of unbranched alkanes of at least 4 members (excludes halogenated alkanes) is 2. The lowest BCUT2D eigenvalue weighted by Crippen LogP contribution is -2.18. The monoisotopic (exact) mass is 216 g/mol. The fourth-order valence-electron chi connectivity index (χ4n) is 1.67. The Balaban J connectivity index is 2.40. The maximum absolute atomic E-state index is 8.44. The zero-order valence-corrected chi connectivity index (χ0v) is 10.2. The maximum atomic E-state index is 8.44. The van der Waals surface area contributed by atoms with Crippen molar-refractivity contribution in [2.24, 2.45) is 0 Å². The summed E-state index contributed by atoms with van der Waals surface area (Å²) < 4.78 is 0. The molecule has 0 aliphatic carbocycles. The topological polar surface area (TPSA) is 27.0 Å². The summed E-state index contributed by atoms with van der Waals surface area (Å²) in [5.41, 5.74) is 2.63. The van der Waals surface area contributed by atoms with Gasteiger partial charge in [0.15, 0.2) is 0 Å². The standard InChI is InChI=1S/C14H20N2/c1-3-13-7-9-14(10-8-13)16(2)12-6-4-5-11-15/h7-10H,3-6,12H2,1-2H3. The van der Waals surface area contributed by atoms with E-state index in [0.29, 0.717) is 6.42 Å². The summed E-state index contributed by atoms with van der Waals surface area (Å²) in [5, 5.41) is 8.44. The van der Waals surface area contributed by atoms with Gasteiger partial charge in [-0.1, -0.05) is 19.1 Å². The van der Waals surface area contributed by atoms with Gasteiger partial charge in [-0.3, -0.25) is 0 Å². The molecule has 1 aromatic rings. The van der Waals surface area contributed by atoms with E-state index in [1.54, 1.807) is 0 Å². The fourth-order valence-corrected chi connectivity index (χ4v) is 1.67. The van der Waals surface area contributed by atoms with Crippen LogP contribution in [-0.4, -0.2) is 13.6 Å². The Labute approximate surface area is 98.5 Å². The number of benzene rings is 1. The summed E-state index contributed by atoms with van der Waals surface area (Å²) in [6.45, 7) is 3.19. The van der Waals surface area contributed by atoms with Crippen LogP contribution in [-0.2, 0) is 6.42 Å². The van der Waals surface area contributed by atoms with Gasteiger partial charge in [-0.25, -0.2) is 0 Å². The van der Waals surface area contributed by atoms with Crippen LogP contribution in [0.4, 0.5) is 5.69 Å². The van der Waals surface area contributed by atoms with Gasteiger partial charge in [0.1, 0.15) is 0 Å². The van der Waals surface area contributed by atoms with Crippen molar-refractivity contribution in [3.05, 3.63) is 29.8 Å². The summed E-state index contributed by atoms with van der Waals surface area (Å²) in [7, 11) is 2.10. The van der Waals surface area contributed by atoms with Crippen LogP contribution in [0, 0.1) is 11.3 Å². The summed E-state index contributed by atoms with van der Waals surface area (Å²) in [6.07, 6.45) is 3.84. The Morgan fingerprint density at radius 2 is 1.88 bits per heavy atom. The lowest BCUT2D eigenvalue weighted by Gasteiger charge is -2.19. The second kappa shape index (κ2) is 6.90. The normalized spacial score (nSPS) is 9.81. The second-order valence-electron chi connectivity index (χ2n) is 4.06. The first-order chi connectivity index (χ1) is 7.77. The van der Waals surface area contributed by atoms with Crippen LogP contribution in [0.1, 0.15) is 31.7 Å². The molecule has 0 aliphatic heterocycles. The number of hydrogen-bond donors (Lipinski definition) is 0. The predicted octanol–water partition coefficient (Wildman–Crippen LogP) is 3.38. The highest BCUT2D eigenvalue weighted by molar-refractivity contribution is 5.46. The Bertz CT molecular complexity index is 335. The average molecular weight is 216 g/mol. The number of aryl methyl sites for hydroxylation is 1. The van der Waals surface area contributed by atoms with Crippen LogP contribution >= 0.6 is 0 Å². The van der Waals surface area contributed by atoms with Crippen molar-refractivity contribution in [2.45, 2.75) is 32.6 Å². The molecule has 0 saturated heterocycles. The van der Waals surface area contributed by atoms with Crippen molar-refractivity contribution in [3.63, 3.8) is 0 Å². The molecule has 0 atom stereocenters. The van der Waals surface area contributed by atoms with Crippen LogP contribution < -0.4 is 4.90 Å². The third kappa shape index (κ3) is 3.94. The van der Waals surface area contributed by atoms with E-state index in [-0.39, 0.29) is 0 Å². The molecule has 0 N–H and O–H groups in total. The minimum atomic E-state index is 0.669. The lowest BCUT2D eigenvalue weighted by atomic mass is 10.1. The Hall–Kier alpha value is -1.49. The zero-order chi connectivity index (χ0) is 11.8. The van der Waals surface area contributed by atoms with E-state index < -0.39 is 0 Å². The molecular formula is C14H20N2. The van der Waals surface area contributed by atoms with E-state index in [1.807, 2.05) is 0 Å². The molecular weight excluding hydrogens is 196 g/mol. The van der Waals surface area contributed by atoms with Crippen LogP contribution in [0.25, 0.3) is 0 Å². The van der Waals surface area contributed by atoms with Crippen LogP contribution in [0.5, 0.6) is 0 Å². The number of nitrogens with zero attached hydrogens (tertiary/aromatic N) is 2. The molecule has 0 amide bonds. The lowest BCUT2D eigenvalue weighted by molar-refractivity contribution is 0.734. The van der Waals surface area contributed by atoms with Crippen molar-refractivity contribution in [1.82, 2.24) is 0 Å². The summed E-state index contributed by atoms with van der Waals surface area (Å²) in [6, 6.07) is 10.9. The molecule has 2 heteroatoms. The van der Waals surface area contributed by atoms with E-state index in [1.165, 1.54) is 11.3 Å². The molecule has 0 aromatic heterocycles. The summed E-state index contributed by atoms with van der Waals surface area (Å²) in [4.78, 5) is 2.25. The van der Waals surface area contributed by atoms with Gasteiger partial charge in [-0.15, -0.1) is 0 Å². The number of nitriles is 1. The first-order valence-electron chi connectivity index (χ1n) is 5.95. The first-order valence-corrected chi connectivity index (χ1v) is 5.95. The smallest absolute Gasteiger partial charge is 0.0621 e. The van der Waals surface area contributed by atoms with E-state index in [4.69, 9.17) is 5.26 Å². The maximum Gasteiger partial charge on any atom is 0.0621 e. The molecule has 86 valence electrons. The summed E-state index contributed by atoms with van der Waals surface area (Å²) in [5.74, 6) is 0. The molecule has 2 nitrogen and oxygen atoms in total. The quantitative estimate of drug-likeness (QED) is 0.682. The average Bonchev–Trinajstić information content (AvgIpc) is 2.34. The molecule has 16 heavy (non-hydrogen) atoms. The molecule has 0 bridgehead atoms. The molecule has 0 fully saturated rings. The molecule has 0 spiro atoms. The van der Waals surface area contributed by atoms with Gasteiger partial charge in [-0.2, -0.15) is 5.26 Å². The van der Waals surface area contributed by atoms with Crippen LogP contribution in [0.15, 0.2) is 24.3 Å². The zero-order valence-electron chi connectivity index (χ0n) is 10.2. The van der Waals surface area contributed by atoms with Crippen molar-refractivity contribution in [2.75, 3.05) is 18.5 Å². The third-order valence-electron chi connectivity index (χ3n) is 2.82. The van der Waals surface area contributed by atoms with E-state index >= 15 is 0 Å². The number of rotatable bonds is 6. The number of anilines is 1. The SMILES string of the molecule is CCc1ccc(N(C)CCCCC#N)cc1. The third-order valence-corrected chi connectivity index (χ3v) is 2.82. The van der Waals surface area contributed by atoms with Crippen molar-refractivity contribution < 1.29 is 0 Å². The highest BCUT2D eigenvalue weighted by atomic mass is 15.1. The van der Waals surface area contributed by atoms with Gasteiger partial charge in [-0.05, 0) is 37.0 Å². The minimum Gasteiger partial charge on any atom is -0.375 e. The van der Waals surface area contributed by atoms with Gasteiger partial charge < -0.3 is 4.90 Å². The van der Waals surface area contributed by atoms with E-state index in [0.717, 1.165) is 25.8 Å². The van der Waals surface area contributed by atoms with Crippen LogP contribution in [0.3, 0.4) is 0 Å². The largest absolute Gasteiger partial charge is 0.375 e. The number of hydrogen-bond acceptors (Lipinski definition) is 2. The van der Waals surface area contributed by atoms with Gasteiger partial charge in [0.05, 0.1) is 6.07 Å². The van der Waals surface area contributed by atoms with Gasteiger partial charge in [0.2, 0.25) is 0 Å². The Morgan fingerprint density at radius 1 is 1.19 bits per heavy atom. The van der Waals surface area contributed by atoms with Crippen LogP contribution in [0.2, 0.25) is 0 Å². The van der Waals surface area contributed by atoms with Gasteiger partial charge >= 0.3 is 0 Å². The fraction of sp³-hybridized carbons (Fsp3) is 0.500. The van der Waals surface area contributed by atoms with Crippen molar-refractivity contribution in [1.29, 1.82) is 5.26 Å². The van der Waals surface area contributed by atoms with Crippen molar-refractivity contribution >= 4 is 5.69 Å². The van der Waals surface area contributed by atoms with E-state index in [2.05, 4.69) is 49.2 Å². The first kappa shape index (κ1) is 12.6. The Kier molecular flexibility index (Phi) is 5.42. The molecule has 0 unspecified atom stereocenters. The van der Waals surface area contributed by atoms with E-state index in [9.17, 15) is 0 Å². The molecule has 1 aromatic carbocycles. The minimum absolute atomic E-state index is 0.669. The van der Waals surface area contributed by atoms with Crippen molar-refractivity contribution in [3.8, 4) is 6.07 Å². The molecule has 0 radical (unpaired) electrons. The molecule has 0 heterocycles. The second-order valence-corrected chi connectivity index (χ2v) is 4.06. The molecule has 1 rings (SSSR count). The predicted molar refractivity (Wildman–Crippen MR) is 68.6 cm³/mol. The highest BCUT2D eigenvalue weighted by Gasteiger charge is 2.00.